The van der Waals surface area contributed by atoms with Gasteiger partial charge in [0.25, 0.3) is 0 Å². The Hall–Kier alpha value is -2.69. The van der Waals surface area contributed by atoms with Crippen molar-refractivity contribution in [1.29, 1.82) is 0 Å². The monoisotopic (exact) mass is 724 g/mol. The van der Waals surface area contributed by atoms with Crippen LogP contribution >= 0.6 is 0 Å². The highest BCUT2D eigenvalue weighted by atomic mass is 16.4. The number of aliphatic carboxylic acids is 1. The average Bonchev–Trinajstić information content (AvgIpc) is 3.46. The van der Waals surface area contributed by atoms with Gasteiger partial charge in [-0.25, -0.2) is 0 Å². The third kappa shape index (κ3) is 7.76. The molecule has 1 aromatic rings. The number of benzene rings is 1. The first kappa shape index (κ1) is 39.0. The highest BCUT2D eigenvalue weighted by Gasteiger charge is 2.65. The maximum atomic E-state index is 13.7. The van der Waals surface area contributed by atoms with Crippen molar-refractivity contribution >= 4 is 17.8 Å². The number of phenols is 1. The number of phenolic OH excluding ortho intramolecular Hbond substituents is 1. The molecule has 0 heterocycles. The molecule has 10 heteroatoms. The molecule has 8 unspecified atom stereocenters. The van der Waals surface area contributed by atoms with E-state index in [0.29, 0.717) is 12.8 Å². The van der Waals surface area contributed by atoms with Crippen LogP contribution in [-0.4, -0.2) is 74.2 Å². The van der Waals surface area contributed by atoms with E-state index in [2.05, 4.69) is 31.4 Å². The minimum absolute atomic E-state index is 0.000129. The van der Waals surface area contributed by atoms with Crippen LogP contribution in [0.15, 0.2) is 24.3 Å². The number of carboxylic acid groups (broad SMARTS) is 1. The number of carbonyl (C=O) groups excluding carboxylic acids is 2. The van der Waals surface area contributed by atoms with E-state index < -0.39 is 29.6 Å². The number of aromatic hydroxyl groups is 1. The normalized spacial score (nSPS) is 37.8. The molecule has 7 N–H and O–H groups in total. The van der Waals surface area contributed by atoms with Crippen molar-refractivity contribution in [3.63, 3.8) is 0 Å². The van der Waals surface area contributed by atoms with Gasteiger partial charge in [-0.2, -0.15) is 0 Å². The van der Waals surface area contributed by atoms with Gasteiger partial charge in [0, 0.05) is 19.4 Å². The van der Waals surface area contributed by atoms with E-state index in [9.17, 15) is 39.9 Å². The molecule has 0 aliphatic heterocycles. The summed E-state index contributed by atoms with van der Waals surface area (Å²) >= 11 is 0. The highest BCUT2D eigenvalue weighted by molar-refractivity contribution is 5.88. The van der Waals surface area contributed by atoms with E-state index in [-0.39, 0.29) is 95.8 Å². The molecule has 12 atom stereocenters. The first-order valence-electron chi connectivity index (χ1n) is 20.3. The number of carbonyl (C=O) groups is 3. The molecule has 5 aliphatic rings. The topological polar surface area (TPSA) is 176 Å². The molecule has 6 rings (SSSR count). The number of aliphatic hydroxyl groups excluding tert-OH is 3. The van der Waals surface area contributed by atoms with Crippen LogP contribution in [0.4, 0.5) is 0 Å². The zero-order valence-electron chi connectivity index (χ0n) is 31.6. The van der Waals surface area contributed by atoms with Gasteiger partial charge in [0.2, 0.25) is 11.8 Å². The predicted molar refractivity (Wildman–Crippen MR) is 197 cm³/mol. The molecular formula is C42H64N2O8. The van der Waals surface area contributed by atoms with E-state index in [4.69, 9.17) is 0 Å². The summed E-state index contributed by atoms with van der Waals surface area (Å²) in [5.41, 5.74) is -0.0493. The Morgan fingerprint density at radius 3 is 2.31 bits per heavy atom. The van der Waals surface area contributed by atoms with E-state index >= 15 is 0 Å². The number of hydrogen-bond donors (Lipinski definition) is 7. The molecule has 5 aliphatic carbocycles. The van der Waals surface area contributed by atoms with Gasteiger partial charge >= 0.3 is 5.97 Å². The van der Waals surface area contributed by atoms with Gasteiger partial charge in [-0.3, -0.25) is 14.4 Å². The summed E-state index contributed by atoms with van der Waals surface area (Å²) in [5.74, 6) is -0.142. The van der Waals surface area contributed by atoms with Crippen LogP contribution in [0.5, 0.6) is 5.75 Å². The summed E-state index contributed by atoms with van der Waals surface area (Å²) in [4.78, 5) is 39.0. The third-order valence-corrected chi connectivity index (χ3v) is 15.5. The lowest BCUT2D eigenvalue weighted by Crippen LogP contribution is -2.62. The summed E-state index contributed by atoms with van der Waals surface area (Å²) in [6, 6.07) is 5.71. The van der Waals surface area contributed by atoms with Gasteiger partial charge in [-0.05, 0) is 134 Å². The number of fused-ring (bicyclic) bond motifs is 5. The molecule has 52 heavy (non-hydrogen) atoms. The fraction of sp³-hybridized carbons (Fsp3) is 0.786. The fourth-order valence-corrected chi connectivity index (χ4v) is 12.5. The van der Waals surface area contributed by atoms with Crippen LogP contribution in [0, 0.1) is 51.8 Å². The Balaban J connectivity index is 1.10. The minimum Gasteiger partial charge on any atom is -0.508 e. The standard InChI is InChI=1S/C42H64N2O8/c1-25(30-12-13-31-38-32(22-35(48)41(30,31)3)40(2)18-15-29(46)20-27(40)21-34(38)47)7-14-36(49)44-33(19-26-8-10-28(45)11-9-26)39(52)43-24-42(23-37(50)51)16-5-4-6-17-42/h8-11,25,27,29-35,38,45-48H,4-7,12-24H2,1-3H3,(H,43,52)(H,44,49)(H,50,51)/t25-,27?,29-,30?,31?,32?,33?,34-,35+,38?,40?,41?/m1/s1. The smallest absolute Gasteiger partial charge is 0.303 e. The first-order chi connectivity index (χ1) is 24.6. The van der Waals surface area contributed by atoms with E-state index in [0.717, 1.165) is 76.2 Å². The summed E-state index contributed by atoms with van der Waals surface area (Å²) in [6.45, 7) is 6.99. The lowest BCUT2D eigenvalue weighted by atomic mass is 9.43. The molecule has 0 aromatic heterocycles. The molecular weight excluding hydrogens is 660 g/mol. The Morgan fingerprint density at radius 1 is 0.904 bits per heavy atom. The molecule has 0 radical (unpaired) electrons. The number of hydrogen-bond acceptors (Lipinski definition) is 7. The van der Waals surface area contributed by atoms with Crippen molar-refractivity contribution in [2.24, 2.45) is 51.8 Å². The van der Waals surface area contributed by atoms with Crippen LogP contribution in [0.25, 0.3) is 0 Å². The van der Waals surface area contributed by atoms with E-state index in [1.165, 1.54) is 0 Å². The predicted octanol–water partition coefficient (Wildman–Crippen LogP) is 5.34. The van der Waals surface area contributed by atoms with Crippen LogP contribution < -0.4 is 10.6 Å². The van der Waals surface area contributed by atoms with Crippen LogP contribution in [0.1, 0.15) is 123 Å². The number of rotatable bonds is 12. The molecule has 5 fully saturated rings. The molecule has 0 spiro atoms. The first-order valence-corrected chi connectivity index (χ1v) is 20.3. The van der Waals surface area contributed by atoms with Crippen LogP contribution in [-0.2, 0) is 20.8 Å². The van der Waals surface area contributed by atoms with Crippen molar-refractivity contribution in [3.8, 4) is 5.75 Å². The van der Waals surface area contributed by atoms with Crippen LogP contribution in [0.2, 0.25) is 0 Å². The van der Waals surface area contributed by atoms with Gasteiger partial charge in [-0.1, -0.05) is 52.2 Å². The molecule has 2 amide bonds. The molecule has 1 aromatic carbocycles. The van der Waals surface area contributed by atoms with Gasteiger partial charge in [0.15, 0.2) is 0 Å². The zero-order chi connectivity index (χ0) is 37.4. The molecule has 5 saturated carbocycles. The zero-order valence-corrected chi connectivity index (χ0v) is 31.6. The van der Waals surface area contributed by atoms with Gasteiger partial charge in [0.1, 0.15) is 11.8 Å². The van der Waals surface area contributed by atoms with Crippen molar-refractivity contribution in [2.75, 3.05) is 6.54 Å². The SMILES string of the molecule is C[C@H](CCC(=O)NC(Cc1ccc(O)cc1)C(=O)NCC1(CC(=O)O)CCCCC1)C1CCC2C3C(C[C@H](O)C21C)C1(C)CC[C@@H](O)CC1C[C@H]3O. The maximum Gasteiger partial charge on any atom is 0.303 e. The number of nitrogens with one attached hydrogen (secondary N) is 2. The van der Waals surface area contributed by atoms with Crippen LogP contribution in [0.3, 0.4) is 0 Å². The summed E-state index contributed by atoms with van der Waals surface area (Å²) in [7, 11) is 0. The average molecular weight is 725 g/mol. The lowest BCUT2D eigenvalue weighted by Gasteiger charge is -2.63. The van der Waals surface area contributed by atoms with E-state index in [1.54, 1.807) is 24.3 Å². The Kier molecular flexibility index (Phi) is 11.7. The minimum atomic E-state index is -0.870. The van der Waals surface area contributed by atoms with Gasteiger partial charge in [-0.15, -0.1) is 0 Å². The number of aliphatic hydroxyl groups is 3. The second-order valence-electron chi connectivity index (χ2n) is 18.4. The number of amides is 2. The van der Waals surface area contributed by atoms with Crippen molar-refractivity contribution < 1.29 is 39.9 Å². The fourth-order valence-electron chi connectivity index (χ4n) is 12.5. The van der Waals surface area contributed by atoms with Crippen molar-refractivity contribution in [2.45, 2.75) is 148 Å². The largest absolute Gasteiger partial charge is 0.508 e. The Bertz CT molecular complexity index is 1430. The number of carboxylic acids is 1. The lowest BCUT2D eigenvalue weighted by molar-refractivity contribution is -0.207. The molecule has 290 valence electrons. The summed E-state index contributed by atoms with van der Waals surface area (Å²) in [6.07, 6.45) is 9.99. The molecule has 0 bridgehead atoms. The summed E-state index contributed by atoms with van der Waals surface area (Å²) in [5, 5.41) is 59.4. The summed E-state index contributed by atoms with van der Waals surface area (Å²) < 4.78 is 0. The van der Waals surface area contributed by atoms with Gasteiger partial charge < -0.3 is 36.2 Å². The van der Waals surface area contributed by atoms with E-state index in [1.807, 2.05) is 0 Å². The Morgan fingerprint density at radius 2 is 1.62 bits per heavy atom. The van der Waals surface area contributed by atoms with Crippen molar-refractivity contribution in [1.82, 2.24) is 10.6 Å². The molecule has 0 saturated heterocycles. The second kappa shape index (κ2) is 15.6. The quantitative estimate of drug-likeness (QED) is 0.151. The molecule has 10 nitrogen and oxygen atoms in total. The third-order valence-electron chi connectivity index (χ3n) is 15.5. The maximum absolute atomic E-state index is 13.7. The Labute approximate surface area is 309 Å². The van der Waals surface area contributed by atoms with Crippen molar-refractivity contribution in [3.05, 3.63) is 29.8 Å². The second-order valence-corrected chi connectivity index (χ2v) is 18.4. The highest BCUT2D eigenvalue weighted by Crippen LogP contribution is 2.68. The van der Waals surface area contributed by atoms with Gasteiger partial charge in [0.05, 0.1) is 24.7 Å².